The van der Waals surface area contributed by atoms with Gasteiger partial charge in [0.25, 0.3) is 0 Å². The van der Waals surface area contributed by atoms with E-state index < -0.39 is 0 Å². The summed E-state index contributed by atoms with van der Waals surface area (Å²) in [6.45, 7) is 4.84. The highest BCUT2D eigenvalue weighted by molar-refractivity contribution is 5.95. The van der Waals surface area contributed by atoms with E-state index in [9.17, 15) is 4.79 Å². The minimum Gasteiger partial charge on any atom is -0.302 e. The van der Waals surface area contributed by atoms with Crippen molar-refractivity contribution in [2.24, 2.45) is 0 Å². The Morgan fingerprint density at radius 3 is 1.93 bits per heavy atom. The van der Waals surface area contributed by atoms with Crippen LogP contribution in [-0.2, 0) is 16.9 Å². The monoisotopic (exact) mass is 398 g/mol. The number of rotatable bonds is 6. The van der Waals surface area contributed by atoms with Gasteiger partial charge in [-0.2, -0.15) is 0 Å². The highest BCUT2D eigenvalue weighted by Gasteiger charge is 2.44. The average Bonchev–Trinajstić information content (AvgIpc) is 2.82. The number of anilines is 1. The Kier molecular flexibility index (Phi) is 6.29. The Balaban J connectivity index is 1.67. The molecule has 1 saturated heterocycles. The van der Waals surface area contributed by atoms with Crippen molar-refractivity contribution < 1.29 is 4.79 Å². The molecular formula is C27H30N2O. The Hall–Kier alpha value is -2.91. The number of piperidine rings is 1. The van der Waals surface area contributed by atoms with E-state index in [1.807, 2.05) is 25.1 Å². The highest BCUT2D eigenvalue weighted by atomic mass is 16.2. The van der Waals surface area contributed by atoms with Crippen LogP contribution in [0.5, 0.6) is 0 Å². The predicted octanol–water partition coefficient (Wildman–Crippen LogP) is 5.62. The van der Waals surface area contributed by atoms with Crippen LogP contribution in [-0.4, -0.2) is 23.9 Å². The minimum absolute atomic E-state index is 0.182. The third-order valence-electron chi connectivity index (χ3n) is 6.24. The molecule has 0 aliphatic carbocycles. The molecule has 0 spiro atoms. The maximum atomic E-state index is 13.3. The number of hydrogen-bond donors (Lipinski definition) is 0. The number of nitrogens with zero attached hydrogens (tertiary/aromatic N) is 2. The van der Waals surface area contributed by atoms with Crippen molar-refractivity contribution in [1.29, 1.82) is 0 Å². The number of likely N-dealkylation sites (tertiary alicyclic amines) is 1. The molecule has 1 aliphatic heterocycles. The molecule has 0 N–H and O–H groups in total. The molecule has 3 aromatic carbocycles. The number of benzene rings is 3. The van der Waals surface area contributed by atoms with Crippen LogP contribution in [0.25, 0.3) is 0 Å². The van der Waals surface area contributed by atoms with Crippen molar-refractivity contribution in [2.45, 2.75) is 38.3 Å². The number of hydrogen-bond acceptors (Lipinski definition) is 2. The van der Waals surface area contributed by atoms with Crippen LogP contribution in [0.2, 0.25) is 0 Å². The second-order valence-electron chi connectivity index (χ2n) is 8.08. The second-order valence-corrected chi connectivity index (χ2v) is 8.08. The van der Waals surface area contributed by atoms with Gasteiger partial charge in [-0.25, -0.2) is 0 Å². The summed E-state index contributed by atoms with van der Waals surface area (Å²) in [7, 11) is 0. The van der Waals surface area contributed by atoms with E-state index in [0.717, 1.165) is 38.2 Å². The van der Waals surface area contributed by atoms with Gasteiger partial charge in [-0.15, -0.1) is 0 Å². The topological polar surface area (TPSA) is 23.6 Å². The lowest BCUT2D eigenvalue weighted by molar-refractivity contribution is -0.120. The van der Waals surface area contributed by atoms with Gasteiger partial charge in [0.05, 0.1) is 5.54 Å². The Bertz CT molecular complexity index is 932. The zero-order valence-corrected chi connectivity index (χ0v) is 17.7. The first-order valence-corrected chi connectivity index (χ1v) is 10.9. The van der Waals surface area contributed by atoms with E-state index in [1.54, 1.807) is 0 Å². The summed E-state index contributed by atoms with van der Waals surface area (Å²) in [5.74, 6) is 0.182. The SMILES string of the molecule is CCC(=O)N(c1ccccc1)C1(c2ccccc2)CCN(Cc2ccccc2)CC1. The molecule has 1 heterocycles. The van der Waals surface area contributed by atoms with Crippen LogP contribution in [0.4, 0.5) is 5.69 Å². The largest absolute Gasteiger partial charge is 0.302 e. The summed E-state index contributed by atoms with van der Waals surface area (Å²) >= 11 is 0. The number of amides is 1. The Labute approximate surface area is 180 Å². The molecule has 1 aliphatic rings. The Morgan fingerprint density at radius 2 is 1.37 bits per heavy atom. The van der Waals surface area contributed by atoms with Crippen LogP contribution in [0.15, 0.2) is 91.0 Å². The molecule has 3 heteroatoms. The summed E-state index contributed by atoms with van der Waals surface area (Å²) in [5, 5.41) is 0. The second kappa shape index (κ2) is 9.27. The van der Waals surface area contributed by atoms with Crippen LogP contribution in [0.3, 0.4) is 0 Å². The van der Waals surface area contributed by atoms with E-state index in [0.29, 0.717) is 6.42 Å². The van der Waals surface area contributed by atoms with Crippen LogP contribution >= 0.6 is 0 Å². The number of carbonyl (C=O) groups is 1. The van der Waals surface area contributed by atoms with Gasteiger partial charge >= 0.3 is 0 Å². The van der Waals surface area contributed by atoms with Gasteiger partial charge in [-0.05, 0) is 36.1 Å². The molecule has 1 fully saturated rings. The zero-order valence-electron chi connectivity index (χ0n) is 17.7. The Morgan fingerprint density at radius 1 is 0.833 bits per heavy atom. The highest BCUT2D eigenvalue weighted by Crippen LogP contribution is 2.42. The molecule has 0 bridgehead atoms. The summed E-state index contributed by atoms with van der Waals surface area (Å²) in [5.41, 5.74) is 3.25. The lowest BCUT2D eigenvalue weighted by Crippen LogP contribution is -2.55. The van der Waals surface area contributed by atoms with Gasteiger partial charge in [0.1, 0.15) is 0 Å². The summed E-state index contributed by atoms with van der Waals surface area (Å²) in [6, 6.07) is 31.4. The van der Waals surface area contributed by atoms with E-state index in [4.69, 9.17) is 0 Å². The first-order valence-electron chi connectivity index (χ1n) is 10.9. The van der Waals surface area contributed by atoms with Crippen LogP contribution in [0.1, 0.15) is 37.3 Å². The van der Waals surface area contributed by atoms with Gasteiger partial charge < -0.3 is 4.90 Å². The molecule has 154 valence electrons. The quantitative estimate of drug-likeness (QED) is 0.538. The number of para-hydroxylation sites is 1. The van der Waals surface area contributed by atoms with E-state index in [2.05, 4.69) is 82.6 Å². The van der Waals surface area contributed by atoms with Gasteiger partial charge in [-0.1, -0.05) is 85.8 Å². The molecule has 0 saturated carbocycles. The standard InChI is InChI=1S/C27H30N2O/c1-2-26(30)29(25-16-10-5-11-17-25)27(24-14-8-4-9-15-24)18-20-28(21-19-27)22-23-12-6-3-7-13-23/h3-17H,2,18-22H2,1H3. The maximum Gasteiger partial charge on any atom is 0.227 e. The molecule has 0 unspecified atom stereocenters. The van der Waals surface area contributed by atoms with Crippen molar-refractivity contribution in [2.75, 3.05) is 18.0 Å². The first-order chi connectivity index (χ1) is 14.7. The third kappa shape index (κ3) is 4.17. The van der Waals surface area contributed by atoms with E-state index >= 15 is 0 Å². The molecule has 0 atom stereocenters. The third-order valence-corrected chi connectivity index (χ3v) is 6.24. The van der Waals surface area contributed by atoms with Gasteiger partial charge in [0, 0.05) is 31.7 Å². The average molecular weight is 399 g/mol. The molecule has 1 amide bonds. The van der Waals surface area contributed by atoms with Gasteiger partial charge in [0.15, 0.2) is 0 Å². The molecule has 3 aromatic rings. The van der Waals surface area contributed by atoms with Crippen molar-refractivity contribution >= 4 is 11.6 Å². The predicted molar refractivity (Wildman–Crippen MR) is 123 cm³/mol. The van der Waals surface area contributed by atoms with E-state index in [-0.39, 0.29) is 11.4 Å². The fourth-order valence-electron chi connectivity index (χ4n) is 4.68. The van der Waals surface area contributed by atoms with Gasteiger partial charge in [0.2, 0.25) is 5.91 Å². The lowest BCUT2D eigenvalue weighted by atomic mass is 9.78. The fraction of sp³-hybridized carbons (Fsp3) is 0.296. The molecular weight excluding hydrogens is 368 g/mol. The molecule has 3 nitrogen and oxygen atoms in total. The normalized spacial score (nSPS) is 16.2. The number of carbonyl (C=O) groups excluding carboxylic acids is 1. The lowest BCUT2D eigenvalue weighted by Gasteiger charge is -2.49. The molecule has 4 rings (SSSR count). The minimum atomic E-state index is -0.317. The summed E-state index contributed by atoms with van der Waals surface area (Å²) < 4.78 is 0. The van der Waals surface area contributed by atoms with E-state index in [1.165, 1.54) is 11.1 Å². The van der Waals surface area contributed by atoms with Gasteiger partial charge in [-0.3, -0.25) is 9.69 Å². The summed E-state index contributed by atoms with van der Waals surface area (Å²) in [4.78, 5) is 17.9. The zero-order chi connectivity index (χ0) is 20.8. The van der Waals surface area contributed by atoms with Crippen molar-refractivity contribution in [3.8, 4) is 0 Å². The van der Waals surface area contributed by atoms with Crippen molar-refractivity contribution in [3.63, 3.8) is 0 Å². The molecule has 30 heavy (non-hydrogen) atoms. The maximum absolute atomic E-state index is 13.3. The summed E-state index contributed by atoms with van der Waals surface area (Å²) in [6.07, 6.45) is 2.34. The first kappa shape index (κ1) is 20.4. The van der Waals surface area contributed by atoms with Crippen molar-refractivity contribution in [3.05, 3.63) is 102 Å². The molecule has 0 aromatic heterocycles. The van der Waals surface area contributed by atoms with Crippen LogP contribution in [0, 0.1) is 0 Å². The smallest absolute Gasteiger partial charge is 0.227 e. The van der Waals surface area contributed by atoms with Crippen LogP contribution < -0.4 is 4.90 Å². The fourth-order valence-corrected chi connectivity index (χ4v) is 4.68. The van der Waals surface area contributed by atoms with Crippen molar-refractivity contribution in [1.82, 2.24) is 4.90 Å². The molecule has 0 radical (unpaired) electrons.